The Bertz CT molecular complexity index is 287. The second-order valence-corrected chi connectivity index (χ2v) is 7.46. The van der Waals surface area contributed by atoms with Gasteiger partial charge >= 0.3 is 5.96 Å². The van der Waals surface area contributed by atoms with E-state index in [-0.39, 0.29) is 0 Å². The Balaban J connectivity index is 5.52. The first-order chi connectivity index (χ1) is 12.2. The Morgan fingerprint density at radius 2 is 0.880 bits per heavy atom. The van der Waals surface area contributed by atoms with Gasteiger partial charge < -0.3 is 0 Å². The van der Waals surface area contributed by atoms with Crippen LogP contribution in [0, 0.1) is 0 Å². The first-order valence-corrected chi connectivity index (χ1v) is 11.2. The quantitative estimate of drug-likeness (QED) is 0.215. The summed E-state index contributed by atoms with van der Waals surface area (Å²) in [6.07, 6.45) is 12.8. The maximum atomic E-state index is 2.70. The molecule has 0 unspecified atom stereocenters. The van der Waals surface area contributed by atoms with E-state index in [4.69, 9.17) is 0 Å². The molecule has 0 atom stereocenters. The van der Waals surface area contributed by atoms with Crippen LogP contribution < -0.4 is 0 Å². The molecule has 3 nitrogen and oxygen atoms in total. The van der Waals surface area contributed by atoms with Crippen LogP contribution in [-0.4, -0.2) is 60.1 Å². The van der Waals surface area contributed by atoms with Crippen LogP contribution in [0.15, 0.2) is 0 Å². The van der Waals surface area contributed by atoms with E-state index in [9.17, 15) is 0 Å². The number of hydrogen-bond acceptors (Lipinski definition) is 0. The molecule has 0 radical (unpaired) electrons. The monoisotopic (exact) mass is 354 g/mol. The fourth-order valence-corrected chi connectivity index (χ4v) is 3.20. The van der Waals surface area contributed by atoms with Crippen molar-refractivity contribution in [3.63, 3.8) is 0 Å². The van der Waals surface area contributed by atoms with E-state index in [0.29, 0.717) is 0 Å². The molecule has 3 heteroatoms. The second-order valence-electron chi connectivity index (χ2n) is 7.46. The van der Waals surface area contributed by atoms with E-state index in [1.807, 2.05) is 0 Å². The van der Waals surface area contributed by atoms with Crippen molar-refractivity contribution in [1.29, 1.82) is 0 Å². The Morgan fingerprint density at radius 3 is 1.16 bits per heavy atom. The van der Waals surface area contributed by atoms with Crippen LogP contribution in [-0.2, 0) is 0 Å². The predicted octanol–water partition coefficient (Wildman–Crippen LogP) is 5.59. The van der Waals surface area contributed by atoms with Gasteiger partial charge in [0, 0.05) is 0 Å². The molecule has 0 N–H and O–H groups in total. The highest BCUT2D eigenvalue weighted by atomic mass is 15.4. The average Bonchev–Trinajstić information content (AvgIpc) is 2.63. The largest absolute Gasteiger partial charge is 0.350 e. The van der Waals surface area contributed by atoms with Crippen LogP contribution in [0.5, 0.6) is 0 Å². The minimum Gasteiger partial charge on any atom is -0.267 e. The van der Waals surface area contributed by atoms with Gasteiger partial charge in [-0.2, -0.15) is 0 Å². The molecule has 0 rings (SSSR count). The molecule has 150 valence electrons. The molecule has 0 spiro atoms. The number of hydrogen-bond donors (Lipinski definition) is 0. The fourth-order valence-electron chi connectivity index (χ4n) is 3.20. The lowest BCUT2D eigenvalue weighted by Crippen LogP contribution is -2.50. The van der Waals surface area contributed by atoms with E-state index in [2.05, 4.69) is 56.0 Å². The third-order valence-corrected chi connectivity index (χ3v) is 4.88. The summed E-state index contributed by atoms with van der Waals surface area (Å²) >= 11 is 0. The van der Waals surface area contributed by atoms with Gasteiger partial charge in [-0.3, -0.25) is 14.4 Å². The molecule has 0 saturated carbocycles. The van der Waals surface area contributed by atoms with Crippen LogP contribution in [0.4, 0.5) is 0 Å². The van der Waals surface area contributed by atoms with Crippen molar-refractivity contribution in [3.05, 3.63) is 0 Å². The molecule has 0 aromatic rings. The number of guanidine groups is 1. The summed E-state index contributed by atoms with van der Waals surface area (Å²) in [5, 5.41) is 0. The molecule has 0 aliphatic carbocycles. The fraction of sp³-hybridized carbons (Fsp3) is 0.955. The summed E-state index contributed by atoms with van der Waals surface area (Å²) in [5.41, 5.74) is 0. The minimum atomic E-state index is 1.18. The number of nitrogens with zero attached hydrogens (tertiary/aromatic N) is 3. The molecule has 0 heterocycles. The van der Waals surface area contributed by atoms with Crippen molar-refractivity contribution in [3.8, 4) is 0 Å². The zero-order chi connectivity index (χ0) is 18.9. The van der Waals surface area contributed by atoms with Crippen LogP contribution >= 0.6 is 0 Å². The average molecular weight is 355 g/mol. The lowest BCUT2D eigenvalue weighted by Gasteiger charge is -2.30. The van der Waals surface area contributed by atoms with Gasteiger partial charge in [0.25, 0.3) is 0 Å². The molecule has 0 aliphatic rings. The van der Waals surface area contributed by atoms with Gasteiger partial charge in [-0.05, 0) is 32.1 Å². The smallest absolute Gasteiger partial charge is 0.267 e. The molecule has 0 amide bonds. The highest BCUT2D eigenvalue weighted by molar-refractivity contribution is 5.75. The summed E-state index contributed by atoms with van der Waals surface area (Å²) < 4.78 is 2.56. The normalized spacial score (nSPS) is 10.8. The van der Waals surface area contributed by atoms with Crippen LogP contribution in [0.2, 0.25) is 0 Å². The van der Waals surface area contributed by atoms with E-state index in [1.165, 1.54) is 103 Å². The van der Waals surface area contributed by atoms with Gasteiger partial charge in [0.2, 0.25) is 0 Å². The Labute approximate surface area is 159 Å². The van der Waals surface area contributed by atoms with Crippen molar-refractivity contribution in [2.45, 2.75) is 98.8 Å². The Hall–Kier alpha value is -0.730. The van der Waals surface area contributed by atoms with E-state index in [0.717, 1.165) is 0 Å². The zero-order valence-corrected chi connectivity index (χ0v) is 18.4. The Morgan fingerprint density at radius 1 is 0.560 bits per heavy atom. The zero-order valence-electron chi connectivity index (χ0n) is 18.4. The lowest BCUT2D eigenvalue weighted by molar-refractivity contribution is -0.509. The molecular weight excluding hydrogens is 306 g/mol. The van der Waals surface area contributed by atoms with Crippen LogP contribution in [0.25, 0.3) is 0 Å². The summed E-state index contributed by atoms with van der Waals surface area (Å²) in [5.74, 6) is 1.51. The van der Waals surface area contributed by atoms with Crippen molar-refractivity contribution >= 4 is 5.96 Å². The standard InChI is InChI=1S/C22H48N3/c1-7-12-17-23(6)22(24(18-13-8-2)19-14-9-3)25(20-15-10-4)21-16-11-5/h7-21H2,1-6H3/q+1. The topological polar surface area (TPSA) is 9.49 Å². The molecule has 0 saturated heterocycles. The molecule has 0 aromatic heterocycles. The third kappa shape index (κ3) is 10.8. The van der Waals surface area contributed by atoms with Gasteiger partial charge in [0.1, 0.15) is 0 Å². The summed E-state index contributed by atoms with van der Waals surface area (Å²) in [4.78, 5) is 5.40. The molecule has 0 aliphatic heterocycles. The number of rotatable bonds is 15. The summed E-state index contributed by atoms with van der Waals surface area (Å²) in [6.45, 7) is 17.5. The number of unbranched alkanes of at least 4 members (excludes halogenated alkanes) is 5. The van der Waals surface area contributed by atoms with Gasteiger partial charge in [0.05, 0.1) is 39.8 Å². The predicted molar refractivity (Wildman–Crippen MR) is 114 cm³/mol. The van der Waals surface area contributed by atoms with Crippen LogP contribution in [0.1, 0.15) is 98.8 Å². The second kappa shape index (κ2) is 16.7. The Kier molecular flexibility index (Phi) is 16.2. The highest BCUT2D eigenvalue weighted by Crippen LogP contribution is 2.09. The summed E-state index contributed by atoms with van der Waals surface area (Å²) in [7, 11) is 2.32. The van der Waals surface area contributed by atoms with E-state index >= 15 is 0 Å². The highest BCUT2D eigenvalue weighted by Gasteiger charge is 2.27. The summed E-state index contributed by atoms with van der Waals surface area (Å²) in [6, 6.07) is 0. The van der Waals surface area contributed by atoms with E-state index < -0.39 is 0 Å². The van der Waals surface area contributed by atoms with Crippen LogP contribution in [0.3, 0.4) is 0 Å². The SMILES string of the molecule is CCCCN(CCCC)C(N(CCCC)CCCC)=[N+](C)CCCC. The van der Waals surface area contributed by atoms with Gasteiger partial charge in [-0.15, -0.1) is 0 Å². The maximum absolute atomic E-state index is 2.70. The first kappa shape index (κ1) is 24.3. The van der Waals surface area contributed by atoms with E-state index in [1.54, 1.807) is 0 Å². The van der Waals surface area contributed by atoms with Crippen molar-refractivity contribution in [1.82, 2.24) is 9.80 Å². The molecular formula is C22H48N3+. The lowest BCUT2D eigenvalue weighted by atomic mass is 10.2. The van der Waals surface area contributed by atoms with Gasteiger partial charge in [-0.1, -0.05) is 66.7 Å². The van der Waals surface area contributed by atoms with Crippen molar-refractivity contribution < 1.29 is 4.58 Å². The third-order valence-electron chi connectivity index (χ3n) is 4.88. The molecule has 0 bridgehead atoms. The van der Waals surface area contributed by atoms with Crippen molar-refractivity contribution in [2.24, 2.45) is 0 Å². The van der Waals surface area contributed by atoms with Crippen molar-refractivity contribution in [2.75, 3.05) is 39.8 Å². The first-order valence-electron chi connectivity index (χ1n) is 11.2. The van der Waals surface area contributed by atoms with Gasteiger partial charge in [-0.25, -0.2) is 0 Å². The maximum Gasteiger partial charge on any atom is 0.350 e. The molecule has 0 fully saturated rings. The van der Waals surface area contributed by atoms with Gasteiger partial charge in [0.15, 0.2) is 0 Å². The minimum absolute atomic E-state index is 1.18. The molecule has 25 heavy (non-hydrogen) atoms. The molecule has 0 aromatic carbocycles.